The maximum atomic E-state index is 13.8. The molecule has 6 N–H and O–H groups in total. The molecular formula is C32H43N5O7S. The van der Waals surface area contributed by atoms with Crippen molar-refractivity contribution < 1.29 is 33.8 Å². The second kappa shape index (κ2) is 15.3. The average Bonchev–Trinajstić information content (AvgIpc) is 3.29. The van der Waals surface area contributed by atoms with Crippen LogP contribution in [0, 0.1) is 0 Å². The Morgan fingerprint density at radius 3 is 2.13 bits per heavy atom. The summed E-state index contributed by atoms with van der Waals surface area (Å²) < 4.78 is 4.55. The van der Waals surface area contributed by atoms with Gasteiger partial charge in [0.2, 0.25) is 17.7 Å². The summed E-state index contributed by atoms with van der Waals surface area (Å²) in [6.07, 6.45) is -3.25. The normalized spacial score (nSPS) is 17.8. The van der Waals surface area contributed by atoms with Crippen molar-refractivity contribution in [3.05, 3.63) is 71.8 Å². The fourth-order valence-corrected chi connectivity index (χ4v) is 6.04. The number of carbonyl (C=O) groups is 5. The lowest BCUT2D eigenvalue weighted by molar-refractivity contribution is -0.148. The molecule has 0 radical (unpaired) electrons. The molecule has 5 amide bonds. The number of nitrogens with one attached hydrogen (secondary N) is 3. The maximum Gasteiger partial charge on any atom is 0.408 e. The summed E-state index contributed by atoms with van der Waals surface area (Å²) in [7, 11) is 0. The van der Waals surface area contributed by atoms with E-state index in [-0.39, 0.29) is 24.8 Å². The standard InChI is InChI=1S/C32H43N5O7S/c1-31(2,3)36-28(41)26-32(4,5)45-19-37(26)29(42)25(39)22(16-20-12-8-6-9-13-20)34-27(40)23(17-24(33)38)35-30(43)44-18-21-14-10-7-11-15-21/h6-15,22-23,25-26,39H,16-19H2,1-5H3,(H2,33,38)(H,34,40)(H,35,43)(H,36,41)/t22-,23-,25-,26+/m0/s1. The van der Waals surface area contributed by atoms with Crippen LogP contribution in [0.15, 0.2) is 60.7 Å². The SMILES string of the molecule is CC(C)(C)NC(=O)[C@H]1N(C(=O)[C@@H](O)[C@H](Cc2ccccc2)NC(=O)[C@H](CC(N)=O)NC(=O)OCc2ccccc2)CSC1(C)C. The molecule has 2 aromatic carbocycles. The molecule has 2 aromatic rings. The van der Waals surface area contributed by atoms with Gasteiger partial charge in [0.05, 0.1) is 18.3 Å². The zero-order valence-electron chi connectivity index (χ0n) is 26.2. The smallest absolute Gasteiger partial charge is 0.408 e. The predicted molar refractivity (Wildman–Crippen MR) is 171 cm³/mol. The molecule has 13 heteroatoms. The Morgan fingerprint density at radius 1 is 1.00 bits per heavy atom. The minimum Gasteiger partial charge on any atom is -0.445 e. The fraction of sp³-hybridized carbons (Fsp3) is 0.469. The van der Waals surface area contributed by atoms with Gasteiger partial charge in [-0.1, -0.05) is 60.7 Å². The van der Waals surface area contributed by atoms with Crippen molar-refractivity contribution in [3.8, 4) is 0 Å². The third kappa shape index (κ3) is 10.5. The highest BCUT2D eigenvalue weighted by molar-refractivity contribution is 8.00. The van der Waals surface area contributed by atoms with E-state index < -0.39 is 64.8 Å². The molecule has 1 fully saturated rings. The number of ether oxygens (including phenoxy) is 1. The third-order valence-corrected chi connectivity index (χ3v) is 8.44. The van der Waals surface area contributed by atoms with Crippen LogP contribution in [0.4, 0.5) is 4.79 Å². The highest BCUT2D eigenvalue weighted by Gasteiger charge is 2.50. The number of nitrogens with two attached hydrogens (primary N) is 1. The Bertz CT molecular complexity index is 1350. The summed E-state index contributed by atoms with van der Waals surface area (Å²) in [5, 5.41) is 19.4. The van der Waals surface area contributed by atoms with E-state index in [1.54, 1.807) is 54.6 Å². The van der Waals surface area contributed by atoms with E-state index in [0.29, 0.717) is 11.1 Å². The largest absolute Gasteiger partial charge is 0.445 e. The van der Waals surface area contributed by atoms with Crippen molar-refractivity contribution in [3.63, 3.8) is 0 Å². The van der Waals surface area contributed by atoms with Crippen LogP contribution in [-0.2, 0) is 36.9 Å². The van der Waals surface area contributed by atoms with Crippen LogP contribution in [0.2, 0.25) is 0 Å². The van der Waals surface area contributed by atoms with E-state index in [0.717, 1.165) is 0 Å². The van der Waals surface area contributed by atoms with Crippen LogP contribution in [0.3, 0.4) is 0 Å². The van der Waals surface area contributed by atoms with E-state index in [9.17, 15) is 29.1 Å². The number of nitrogens with zero attached hydrogens (tertiary/aromatic N) is 1. The van der Waals surface area contributed by atoms with E-state index >= 15 is 0 Å². The molecule has 0 bridgehead atoms. The first-order valence-corrected chi connectivity index (χ1v) is 15.6. The van der Waals surface area contributed by atoms with Gasteiger partial charge in [-0.3, -0.25) is 19.2 Å². The molecule has 4 atom stereocenters. The van der Waals surface area contributed by atoms with Crippen LogP contribution in [-0.4, -0.2) is 80.1 Å². The summed E-state index contributed by atoms with van der Waals surface area (Å²) in [6.45, 7) is 9.13. The molecule has 0 aromatic heterocycles. The first-order chi connectivity index (χ1) is 21.1. The molecule has 1 saturated heterocycles. The second-order valence-corrected chi connectivity index (χ2v) is 14.1. The van der Waals surface area contributed by atoms with E-state index in [2.05, 4.69) is 16.0 Å². The first kappa shape index (κ1) is 35.4. The fourth-order valence-electron chi connectivity index (χ4n) is 4.90. The molecule has 0 aliphatic carbocycles. The van der Waals surface area contributed by atoms with Gasteiger partial charge < -0.3 is 36.4 Å². The number of primary amides is 1. The van der Waals surface area contributed by atoms with Crippen LogP contribution in [0.5, 0.6) is 0 Å². The molecule has 12 nitrogen and oxygen atoms in total. The van der Waals surface area contributed by atoms with Crippen molar-refractivity contribution in [1.82, 2.24) is 20.9 Å². The number of amides is 5. The summed E-state index contributed by atoms with van der Waals surface area (Å²) in [6, 6.07) is 14.2. The maximum absolute atomic E-state index is 13.8. The minimum atomic E-state index is -1.77. The highest BCUT2D eigenvalue weighted by Crippen LogP contribution is 2.40. The Labute approximate surface area is 267 Å². The molecule has 1 aliphatic rings. The molecule has 0 unspecified atom stereocenters. The van der Waals surface area contributed by atoms with Gasteiger partial charge in [-0.25, -0.2) is 4.79 Å². The zero-order chi connectivity index (χ0) is 33.4. The molecule has 0 saturated carbocycles. The van der Waals surface area contributed by atoms with Gasteiger partial charge in [0.25, 0.3) is 5.91 Å². The lowest BCUT2D eigenvalue weighted by Crippen LogP contribution is -2.61. The van der Waals surface area contributed by atoms with Crippen LogP contribution < -0.4 is 21.7 Å². The first-order valence-electron chi connectivity index (χ1n) is 14.6. The van der Waals surface area contributed by atoms with Gasteiger partial charge in [0, 0.05) is 10.3 Å². The lowest BCUT2D eigenvalue weighted by atomic mass is 9.96. The van der Waals surface area contributed by atoms with E-state index in [1.165, 1.54) is 16.7 Å². The molecule has 1 heterocycles. The monoisotopic (exact) mass is 641 g/mol. The van der Waals surface area contributed by atoms with Gasteiger partial charge in [0.1, 0.15) is 18.7 Å². The summed E-state index contributed by atoms with van der Waals surface area (Å²) in [5.41, 5.74) is 6.23. The number of rotatable bonds is 12. The number of aliphatic hydroxyl groups excluding tert-OH is 1. The Hall–Kier alpha value is -4.10. The summed E-state index contributed by atoms with van der Waals surface area (Å²) in [4.78, 5) is 66.3. The number of hydrogen-bond donors (Lipinski definition) is 5. The third-order valence-electron chi connectivity index (χ3n) is 7.06. The van der Waals surface area contributed by atoms with Crippen molar-refractivity contribution in [1.29, 1.82) is 0 Å². The topological polar surface area (TPSA) is 180 Å². The average molecular weight is 642 g/mol. The van der Waals surface area contributed by atoms with Crippen molar-refractivity contribution in [2.45, 2.75) is 88.6 Å². The Kier molecular flexibility index (Phi) is 12.0. The number of alkyl carbamates (subject to hydrolysis) is 1. The molecule has 3 rings (SSSR count). The quantitative estimate of drug-likeness (QED) is 0.233. The second-order valence-electron chi connectivity index (χ2n) is 12.5. The lowest BCUT2D eigenvalue weighted by Gasteiger charge is -2.35. The predicted octanol–water partition coefficient (Wildman–Crippen LogP) is 1.84. The highest BCUT2D eigenvalue weighted by atomic mass is 32.2. The summed E-state index contributed by atoms with van der Waals surface area (Å²) >= 11 is 1.40. The van der Waals surface area contributed by atoms with Crippen molar-refractivity contribution in [2.24, 2.45) is 5.73 Å². The Morgan fingerprint density at radius 2 is 1.58 bits per heavy atom. The molecule has 0 spiro atoms. The zero-order valence-corrected chi connectivity index (χ0v) is 27.1. The van der Waals surface area contributed by atoms with Crippen molar-refractivity contribution >= 4 is 41.5 Å². The van der Waals surface area contributed by atoms with Gasteiger partial charge in [-0.2, -0.15) is 0 Å². The van der Waals surface area contributed by atoms with E-state index in [1.807, 2.05) is 40.7 Å². The molecule has 244 valence electrons. The van der Waals surface area contributed by atoms with Gasteiger partial charge in [-0.15, -0.1) is 11.8 Å². The molecule has 45 heavy (non-hydrogen) atoms. The van der Waals surface area contributed by atoms with Gasteiger partial charge in [0.15, 0.2) is 6.10 Å². The van der Waals surface area contributed by atoms with Crippen molar-refractivity contribution in [2.75, 3.05) is 5.88 Å². The summed E-state index contributed by atoms with van der Waals surface area (Å²) in [5.74, 6) is -2.67. The number of benzene rings is 2. The number of carbonyl (C=O) groups excluding carboxylic acids is 5. The molecular weight excluding hydrogens is 598 g/mol. The van der Waals surface area contributed by atoms with Crippen LogP contribution >= 0.6 is 11.8 Å². The van der Waals surface area contributed by atoms with Crippen LogP contribution in [0.25, 0.3) is 0 Å². The van der Waals surface area contributed by atoms with Gasteiger partial charge in [-0.05, 0) is 52.2 Å². The van der Waals surface area contributed by atoms with Crippen LogP contribution in [0.1, 0.15) is 52.2 Å². The Balaban J connectivity index is 1.82. The number of aliphatic hydroxyl groups is 1. The molecule has 1 aliphatic heterocycles. The van der Waals surface area contributed by atoms with E-state index in [4.69, 9.17) is 10.5 Å². The number of thioether (sulfide) groups is 1. The minimum absolute atomic E-state index is 0.0322. The van der Waals surface area contributed by atoms with Gasteiger partial charge >= 0.3 is 6.09 Å². The number of hydrogen-bond acceptors (Lipinski definition) is 8.